The van der Waals surface area contributed by atoms with Gasteiger partial charge in [-0.1, -0.05) is 121 Å². The van der Waals surface area contributed by atoms with Gasteiger partial charge in [0.1, 0.15) is 16.8 Å². The van der Waals surface area contributed by atoms with Gasteiger partial charge < -0.3 is 4.42 Å². The summed E-state index contributed by atoms with van der Waals surface area (Å²) in [5, 5.41) is 2.18. The molecule has 0 aliphatic rings. The van der Waals surface area contributed by atoms with Crippen molar-refractivity contribution in [2.75, 3.05) is 0 Å². The molecule has 6 heteroatoms. The van der Waals surface area contributed by atoms with Crippen LogP contribution >= 0.6 is 0 Å². The van der Waals surface area contributed by atoms with Crippen LogP contribution < -0.4 is 0 Å². The highest BCUT2D eigenvalue weighted by Crippen LogP contribution is 2.38. The number of rotatable bonds is 6. The van der Waals surface area contributed by atoms with E-state index >= 15 is 0 Å². The molecule has 52 heavy (non-hydrogen) atoms. The van der Waals surface area contributed by atoms with Crippen molar-refractivity contribution >= 4 is 27.6 Å². The average molecular weight is 668 g/mol. The first-order chi connectivity index (χ1) is 25.7. The lowest BCUT2D eigenvalue weighted by molar-refractivity contribution is 0.669. The number of hydrogen-bond acceptors (Lipinski definition) is 5. The predicted octanol–water partition coefficient (Wildman–Crippen LogP) is 11.4. The number of para-hydroxylation sites is 1. The van der Waals surface area contributed by atoms with Gasteiger partial charge in [-0.3, -0.25) is 4.40 Å². The molecule has 0 amide bonds. The molecule has 0 fully saturated rings. The highest BCUT2D eigenvalue weighted by atomic mass is 16.3. The van der Waals surface area contributed by atoms with E-state index in [-0.39, 0.29) is 0 Å². The molecule has 0 N–H and O–H groups in total. The van der Waals surface area contributed by atoms with Crippen LogP contribution in [-0.2, 0) is 0 Å². The number of furan rings is 1. The minimum atomic E-state index is 0.621. The topological polar surface area (TPSA) is 69.1 Å². The van der Waals surface area contributed by atoms with Crippen LogP contribution in [0.25, 0.3) is 95.4 Å². The Morgan fingerprint density at radius 2 is 0.923 bits per heavy atom. The molecule has 0 aliphatic heterocycles. The minimum absolute atomic E-state index is 0.621. The summed E-state index contributed by atoms with van der Waals surface area (Å²) in [6, 6.07) is 57.8. The van der Waals surface area contributed by atoms with Crippen molar-refractivity contribution < 1.29 is 4.42 Å². The third-order valence-electron chi connectivity index (χ3n) is 9.47. The lowest BCUT2D eigenvalue weighted by atomic mass is 9.97. The fourth-order valence-electron chi connectivity index (χ4n) is 6.97. The Morgan fingerprint density at radius 1 is 0.365 bits per heavy atom. The summed E-state index contributed by atoms with van der Waals surface area (Å²) in [6.07, 6.45) is 2.08. The second-order valence-corrected chi connectivity index (χ2v) is 12.7. The molecule has 244 valence electrons. The van der Waals surface area contributed by atoms with Crippen LogP contribution in [0.1, 0.15) is 0 Å². The number of hydrogen-bond donors (Lipinski definition) is 0. The molecule has 10 aromatic rings. The number of nitrogens with zero attached hydrogens (tertiary/aromatic N) is 5. The molecule has 0 aliphatic carbocycles. The van der Waals surface area contributed by atoms with Crippen LogP contribution in [0.15, 0.2) is 180 Å². The fraction of sp³-hybridized carbons (Fsp3) is 0. The third kappa shape index (κ3) is 5.22. The van der Waals surface area contributed by atoms with Crippen LogP contribution in [0.5, 0.6) is 0 Å². The maximum Gasteiger partial charge on any atom is 0.164 e. The lowest BCUT2D eigenvalue weighted by Gasteiger charge is -2.11. The SMILES string of the molecule is c1ccc(-c2nc(-c3ccccc3)nc(-c3cccc(-c4cccc(-c5nc6ccccn6c5-c5ccc6oc7ccccc7c6c5)c4)c3)n2)cc1. The van der Waals surface area contributed by atoms with Crippen LogP contribution in [0.2, 0.25) is 0 Å². The molecule has 6 nitrogen and oxygen atoms in total. The monoisotopic (exact) mass is 667 g/mol. The van der Waals surface area contributed by atoms with E-state index in [0.717, 1.165) is 77.9 Å². The van der Waals surface area contributed by atoms with Crippen molar-refractivity contribution in [1.29, 1.82) is 0 Å². The second-order valence-electron chi connectivity index (χ2n) is 12.7. The van der Waals surface area contributed by atoms with E-state index in [1.807, 2.05) is 91.0 Å². The zero-order valence-electron chi connectivity index (χ0n) is 27.9. The number of pyridine rings is 1. The van der Waals surface area contributed by atoms with E-state index in [1.54, 1.807) is 0 Å². The van der Waals surface area contributed by atoms with Crippen molar-refractivity contribution in [3.8, 4) is 67.8 Å². The van der Waals surface area contributed by atoms with Gasteiger partial charge in [-0.2, -0.15) is 0 Å². The molecular weight excluding hydrogens is 639 g/mol. The molecular formula is C46H29N5O. The third-order valence-corrected chi connectivity index (χ3v) is 9.47. The quantitative estimate of drug-likeness (QED) is 0.176. The van der Waals surface area contributed by atoms with E-state index < -0.39 is 0 Å². The molecule has 10 rings (SSSR count). The first kappa shape index (κ1) is 29.7. The summed E-state index contributed by atoms with van der Waals surface area (Å²) >= 11 is 0. The zero-order valence-corrected chi connectivity index (χ0v) is 27.9. The van der Waals surface area contributed by atoms with E-state index in [2.05, 4.69) is 89.5 Å². The Bertz CT molecular complexity index is 2850. The summed E-state index contributed by atoms with van der Waals surface area (Å²) in [4.78, 5) is 20.0. The van der Waals surface area contributed by atoms with Gasteiger partial charge in [-0.05, 0) is 59.7 Å². The van der Waals surface area contributed by atoms with Crippen LogP contribution in [0.3, 0.4) is 0 Å². The molecule has 0 radical (unpaired) electrons. The van der Waals surface area contributed by atoms with Gasteiger partial charge in [0.05, 0.1) is 11.4 Å². The fourth-order valence-corrected chi connectivity index (χ4v) is 6.97. The van der Waals surface area contributed by atoms with Crippen molar-refractivity contribution in [1.82, 2.24) is 24.3 Å². The summed E-state index contributed by atoms with van der Waals surface area (Å²) in [7, 11) is 0. The summed E-state index contributed by atoms with van der Waals surface area (Å²) in [6.45, 7) is 0. The summed E-state index contributed by atoms with van der Waals surface area (Å²) < 4.78 is 8.32. The van der Waals surface area contributed by atoms with Gasteiger partial charge >= 0.3 is 0 Å². The molecule has 0 unspecified atom stereocenters. The van der Waals surface area contributed by atoms with Crippen LogP contribution in [-0.4, -0.2) is 24.3 Å². The van der Waals surface area contributed by atoms with Crippen LogP contribution in [0, 0.1) is 0 Å². The standard InChI is InChI=1S/C46H29N5O/c1-3-13-30(14-4-1)44-48-45(31-15-5-2-6-16-31)50-46(49-44)36-20-12-18-33(28-36)32-17-11-19-34(27-32)42-43(51-26-10-9-23-41(51)47-42)35-24-25-40-38(29-35)37-21-7-8-22-39(37)52-40/h1-29H. The number of fused-ring (bicyclic) bond motifs is 4. The Hall–Kier alpha value is -7.18. The van der Waals surface area contributed by atoms with Gasteiger partial charge in [0, 0.05) is 44.8 Å². The van der Waals surface area contributed by atoms with Gasteiger partial charge in [0.25, 0.3) is 0 Å². The van der Waals surface area contributed by atoms with Crippen molar-refractivity contribution in [2.24, 2.45) is 0 Å². The Labute approximate surface area is 299 Å². The number of benzene rings is 6. The largest absolute Gasteiger partial charge is 0.456 e. The van der Waals surface area contributed by atoms with E-state index in [0.29, 0.717) is 17.5 Å². The second kappa shape index (κ2) is 12.3. The van der Waals surface area contributed by atoms with Gasteiger partial charge in [-0.25, -0.2) is 19.9 Å². The molecule has 4 aromatic heterocycles. The molecule has 0 saturated heterocycles. The smallest absolute Gasteiger partial charge is 0.164 e. The zero-order chi connectivity index (χ0) is 34.4. The highest BCUT2D eigenvalue weighted by molar-refractivity contribution is 6.06. The summed E-state index contributed by atoms with van der Waals surface area (Å²) in [5.41, 5.74) is 11.6. The first-order valence-electron chi connectivity index (χ1n) is 17.2. The Balaban J connectivity index is 1.08. The molecule has 0 bridgehead atoms. The lowest BCUT2D eigenvalue weighted by Crippen LogP contribution is -2.00. The molecule has 4 heterocycles. The molecule has 6 aromatic carbocycles. The normalized spacial score (nSPS) is 11.5. The number of imidazole rings is 1. The number of aromatic nitrogens is 5. The minimum Gasteiger partial charge on any atom is -0.456 e. The van der Waals surface area contributed by atoms with Crippen LogP contribution in [0.4, 0.5) is 0 Å². The highest BCUT2D eigenvalue weighted by Gasteiger charge is 2.19. The van der Waals surface area contributed by atoms with Gasteiger partial charge in [0.2, 0.25) is 0 Å². The maximum absolute atomic E-state index is 6.16. The molecule has 0 saturated carbocycles. The Morgan fingerprint density at radius 3 is 1.65 bits per heavy atom. The van der Waals surface area contributed by atoms with E-state index in [1.165, 1.54) is 0 Å². The van der Waals surface area contributed by atoms with Crippen molar-refractivity contribution in [3.05, 3.63) is 176 Å². The van der Waals surface area contributed by atoms with Gasteiger partial charge in [-0.15, -0.1) is 0 Å². The summed E-state index contributed by atoms with van der Waals surface area (Å²) in [5.74, 6) is 1.89. The molecule has 0 atom stereocenters. The van der Waals surface area contributed by atoms with Crippen molar-refractivity contribution in [2.45, 2.75) is 0 Å². The maximum atomic E-state index is 6.16. The average Bonchev–Trinajstić information content (AvgIpc) is 3.80. The molecule has 0 spiro atoms. The van der Waals surface area contributed by atoms with E-state index in [9.17, 15) is 0 Å². The van der Waals surface area contributed by atoms with E-state index in [4.69, 9.17) is 24.4 Å². The van der Waals surface area contributed by atoms with Crippen molar-refractivity contribution in [3.63, 3.8) is 0 Å². The first-order valence-corrected chi connectivity index (χ1v) is 17.2. The predicted molar refractivity (Wildman–Crippen MR) is 208 cm³/mol. The van der Waals surface area contributed by atoms with Gasteiger partial charge in [0.15, 0.2) is 17.5 Å². The Kier molecular flexibility index (Phi) is 7.03.